The molecule has 158 valence electrons. The van der Waals surface area contributed by atoms with Gasteiger partial charge < -0.3 is 15.8 Å². The highest BCUT2D eigenvalue weighted by atomic mass is 16.5. The van der Waals surface area contributed by atoms with Gasteiger partial charge in [-0.2, -0.15) is 10.4 Å². The zero-order chi connectivity index (χ0) is 22.5. The molecule has 0 aliphatic rings. The van der Waals surface area contributed by atoms with Crippen molar-refractivity contribution in [3.05, 3.63) is 95.6 Å². The van der Waals surface area contributed by atoms with E-state index in [0.717, 1.165) is 16.8 Å². The number of hydrogen-bond acceptors (Lipinski definition) is 5. The number of benzene rings is 3. The third kappa shape index (κ3) is 4.02. The summed E-state index contributed by atoms with van der Waals surface area (Å²) in [5, 5.41) is 17.1. The number of hydrogen-bond donors (Lipinski definition) is 2. The Morgan fingerprint density at radius 1 is 1.06 bits per heavy atom. The summed E-state index contributed by atoms with van der Waals surface area (Å²) in [6, 6.07) is 26.2. The molecule has 32 heavy (non-hydrogen) atoms. The predicted molar refractivity (Wildman–Crippen MR) is 122 cm³/mol. The van der Waals surface area contributed by atoms with E-state index in [4.69, 9.17) is 10.5 Å². The zero-order valence-corrected chi connectivity index (χ0v) is 17.4. The summed E-state index contributed by atoms with van der Waals surface area (Å²) < 4.78 is 6.81. The lowest BCUT2D eigenvalue weighted by molar-refractivity contribution is 0.0948. The van der Waals surface area contributed by atoms with Gasteiger partial charge in [0.2, 0.25) is 0 Å². The average molecular weight is 423 g/mol. The van der Waals surface area contributed by atoms with E-state index in [2.05, 4.69) is 16.5 Å². The van der Waals surface area contributed by atoms with Crippen LogP contribution in [-0.4, -0.2) is 22.8 Å². The van der Waals surface area contributed by atoms with Crippen molar-refractivity contribution in [2.24, 2.45) is 0 Å². The molecule has 0 fully saturated rings. The largest absolute Gasteiger partial charge is 0.496 e. The molecule has 4 rings (SSSR count). The van der Waals surface area contributed by atoms with Crippen LogP contribution in [-0.2, 0) is 6.54 Å². The number of anilines is 1. The highest BCUT2D eigenvalue weighted by Gasteiger charge is 2.18. The Bertz CT molecular complexity index is 1290. The van der Waals surface area contributed by atoms with E-state index in [9.17, 15) is 10.1 Å². The number of amides is 1. The third-order valence-electron chi connectivity index (χ3n) is 5.07. The molecule has 0 unspecified atom stereocenters. The Kier molecular flexibility index (Phi) is 5.86. The van der Waals surface area contributed by atoms with E-state index in [1.54, 1.807) is 22.9 Å². The summed E-state index contributed by atoms with van der Waals surface area (Å²) in [5.74, 6) is 0.602. The molecular weight excluding hydrogens is 402 g/mol. The maximum Gasteiger partial charge on any atom is 0.255 e. The molecule has 1 amide bonds. The van der Waals surface area contributed by atoms with Crippen LogP contribution >= 0.6 is 0 Å². The summed E-state index contributed by atoms with van der Waals surface area (Å²) in [5.41, 5.74) is 9.97. The van der Waals surface area contributed by atoms with Gasteiger partial charge in [0, 0.05) is 12.1 Å². The average Bonchev–Trinajstić information content (AvgIpc) is 3.19. The Hall–Kier alpha value is -4.57. The van der Waals surface area contributed by atoms with Gasteiger partial charge in [0.1, 0.15) is 28.9 Å². The Labute approximate surface area is 185 Å². The monoisotopic (exact) mass is 423 g/mol. The molecule has 0 atom stereocenters. The fraction of sp³-hybridized carbons (Fsp3) is 0.0800. The normalized spacial score (nSPS) is 10.4. The number of para-hydroxylation sites is 2. The summed E-state index contributed by atoms with van der Waals surface area (Å²) >= 11 is 0. The second kappa shape index (κ2) is 9.06. The first-order chi connectivity index (χ1) is 15.6. The van der Waals surface area contributed by atoms with Crippen LogP contribution in [0.25, 0.3) is 16.9 Å². The number of ether oxygens (including phenoxy) is 1. The van der Waals surface area contributed by atoms with E-state index < -0.39 is 0 Å². The smallest absolute Gasteiger partial charge is 0.255 e. The minimum atomic E-state index is -0.215. The van der Waals surface area contributed by atoms with E-state index in [1.165, 1.54) is 7.11 Å². The Morgan fingerprint density at radius 3 is 2.44 bits per heavy atom. The topological polar surface area (TPSA) is 106 Å². The molecule has 0 saturated heterocycles. The molecule has 7 heteroatoms. The number of nitrogens with two attached hydrogens (primary N) is 1. The van der Waals surface area contributed by atoms with Gasteiger partial charge in [-0.3, -0.25) is 4.79 Å². The van der Waals surface area contributed by atoms with Crippen molar-refractivity contribution in [3.8, 4) is 28.8 Å². The first-order valence-corrected chi connectivity index (χ1v) is 9.97. The Balaban J connectivity index is 1.53. The summed E-state index contributed by atoms with van der Waals surface area (Å²) in [6.07, 6.45) is 0. The standard InChI is InChI=1S/C25H21N5O2/c1-32-22-10-6-5-9-20(22)25(31)28-16-17-11-13-18(14-12-17)23-21(15-26)24(27)30(29-23)19-7-3-2-4-8-19/h2-14H,16,27H2,1H3,(H,28,31). The maximum absolute atomic E-state index is 12.5. The number of carbonyl (C=O) groups is 1. The molecule has 0 aliphatic heterocycles. The lowest BCUT2D eigenvalue weighted by Gasteiger charge is -2.09. The quantitative estimate of drug-likeness (QED) is 0.489. The highest BCUT2D eigenvalue weighted by molar-refractivity contribution is 5.96. The van der Waals surface area contributed by atoms with Gasteiger partial charge in [-0.25, -0.2) is 4.68 Å². The molecule has 1 heterocycles. The molecule has 0 bridgehead atoms. The van der Waals surface area contributed by atoms with Crippen LogP contribution in [0.1, 0.15) is 21.5 Å². The molecule has 0 spiro atoms. The number of nitrogens with one attached hydrogen (secondary N) is 1. The highest BCUT2D eigenvalue weighted by Crippen LogP contribution is 2.29. The van der Waals surface area contributed by atoms with Crippen LogP contribution in [0.5, 0.6) is 5.75 Å². The number of nitriles is 1. The fourth-order valence-corrected chi connectivity index (χ4v) is 3.40. The lowest BCUT2D eigenvalue weighted by atomic mass is 10.1. The minimum absolute atomic E-state index is 0.215. The third-order valence-corrected chi connectivity index (χ3v) is 5.07. The molecule has 0 radical (unpaired) electrons. The van der Waals surface area contributed by atoms with Crippen LogP contribution in [0.15, 0.2) is 78.9 Å². The zero-order valence-electron chi connectivity index (χ0n) is 17.4. The molecule has 4 aromatic rings. The minimum Gasteiger partial charge on any atom is -0.496 e. The van der Waals surface area contributed by atoms with Crippen LogP contribution < -0.4 is 15.8 Å². The maximum atomic E-state index is 12.5. The van der Waals surface area contributed by atoms with Crippen LogP contribution in [0.4, 0.5) is 5.82 Å². The van der Waals surface area contributed by atoms with Crippen LogP contribution in [0.2, 0.25) is 0 Å². The van der Waals surface area contributed by atoms with Gasteiger partial charge in [-0.1, -0.05) is 54.6 Å². The first-order valence-electron chi connectivity index (χ1n) is 9.97. The van der Waals surface area contributed by atoms with Crippen molar-refractivity contribution < 1.29 is 9.53 Å². The first kappa shape index (κ1) is 20.7. The lowest BCUT2D eigenvalue weighted by Crippen LogP contribution is -2.23. The fourth-order valence-electron chi connectivity index (χ4n) is 3.40. The SMILES string of the molecule is COc1ccccc1C(=O)NCc1ccc(-c2nn(-c3ccccc3)c(N)c2C#N)cc1. The van der Waals surface area contributed by atoms with Crippen molar-refractivity contribution in [1.82, 2.24) is 15.1 Å². The van der Waals surface area contributed by atoms with Crippen LogP contribution in [0, 0.1) is 11.3 Å². The van der Waals surface area contributed by atoms with Gasteiger partial charge in [0.15, 0.2) is 0 Å². The van der Waals surface area contributed by atoms with Crippen molar-refractivity contribution in [3.63, 3.8) is 0 Å². The van der Waals surface area contributed by atoms with Crippen molar-refractivity contribution in [2.75, 3.05) is 12.8 Å². The van der Waals surface area contributed by atoms with Gasteiger partial charge >= 0.3 is 0 Å². The second-order valence-corrected chi connectivity index (χ2v) is 7.05. The van der Waals surface area contributed by atoms with Gasteiger partial charge in [0.25, 0.3) is 5.91 Å². The summed E-state index contributed by atoms with van der Waals surface area (Å²) in [6.45, 7) is 0.350. The van der Waals surface area contributed by atoms with Crippen molar-refractivity contribution in [2.45, 2.75) is 6.54 Å². The van der Waals surface area contributed by atoms with E-state index in [-0.39, 0.29) is 5.91 Å². The van der Waals surface area contributed by atoms with E-state index >= 15 is 0 Å². The summed E-state index contributed by atoms with van der Waals surface area (Å²) in [7, 11) is 1.53. The molecule has 7 nitrogen and oxygen atoms in total. The second-order valence-electron chi connectivity index (χ2n) is 7.05. The predicted octanol–water partition coefficient (Wildman–Crippen LogP) is 3.93. The number of nitrogen functional groups attached to an aromatic ring is 1. The number of methoxy groups -OCH3 is 1. The Morgan fingerprint density at radius 2 is 1.75 bits per heavy atom. The number of nitrogens with zero attached hydrogens (tertiary/aromatic N) is 3. The van der Waals surface area contributed by atoms with E-state index in [0.29, 0.717) is 34.9 Å². The van der Waals surface area contributed by atoms with Gasteiger partial charge in [0.05, 0.1) is 18.4 Å². The number of rotatable bonds is 6. The van der Waals surface area contributed by atoms with Gasteiger partial charge in [-0.15, -0.1) is 0 Å². The molecule has 3 N–H and O–H groups in total. The number of aromatic nitrogens is 2. The van der Waals surface area contributed by atoms with Crippen molar-refractivity contribution >= 4 is 11.7 Å². The molecule has 0 aliphatic carbocycles. The molecule has 1 aromatic heterocycles. The van der Waals surface area contributed by atoms with Crippen LogP contribution in [0.3, 0.4) is 0 Å². The summed E-state index contributed by atoms with van der Waals surface area (Å²) in [4.78, 5) is 12.5. The van der Waals surface area contributed by atoms with Gasteiger partial charge in [-0.05, 0) is 29.8 Å². The van der Waals surface area contributed by atoms with Crippen molar-refractivity contribution in [1.29, 1.82) is 5.26 Å². The molecule has 0 saturated carbocycles. The van der Waals surface area contributed by atoms with E-state index in [1.807, 2.05) is 60.7 Å². The molecule has 3 aromatic carbocycles. The number of carbonyl (C=O) groups excluding carboxylic acids is 1. The molecular formula is C25H21N5O2.